The van der Waals surface area contributed by atoms with Crippen molar-refractivity contribution in [1.29, 1.82) is 0 Å². The Balaban J connectivity index is 2.12. The van der Waals surface area contributed by atoms with Gasteiger partial charge in [0, 0.05) is 4.88 Å². The molecule has 23 heavy (non-hydrogen) atoms. The minimum absolute atomic E-state index is 0.186. The zero-order chi connectivity index (χ0) is 17.1. The monoisotopic (exact) mass is 341 g/mol. The Morgan fingerprint density at radius 3 is 2.61 bits per heavy atom. The van der Waals surface area contributed by atoms with Crippen LogP contribution in [0.5, 0.6) is 5.75 Å². The van der Waals surface area contributed by atoms with Crippen molar-refractivity contribution in [3.8, 4) is 5.75 Å². The number of nitrogens with one attached hydrogen (secondary N) is 1. The number of hydrogen-bond acceptors (Lipinski definition) is 4. The SMILES string of the molecule is COc1cc(C)sc1C(=O)NC(C)C(O)c1ccc(F)c(F)c1. The molecule has 4 nitrogen and oxygen atoms in total. The number of methoxy groups -OCH3 is 1. The number of carbonyl (C=O) groups excluding carboxylic acids is 1. The number of aliphatic hydroxyl groups is 1. The van der Waals surface area contributed by atoms with Crippen molar-refractivity contribution < 1.29 is 23.4 Å². The average Bonchev–Trinajstić information content (AvgIpc) is 2.90. The molecule has 1 aromatic carbocycles. The summed E-state index contributed by atoms with van der Waals surface area (Å²) in [7, 11) is 1.47. The van der Waals surface area contributed by atoms with Crippen LogP contribution in [0.25, 0.3) is 0 Å². The molecule has 1 amide bonds. The fourth-order valence-electron chi connectivity index (χ4n) is 2.14. The number of ether oxygens (including phenoxy) is 1. The van der Waals surface area contributed by atoms with Crippen LogP contribution in [0.3, 0.4) is 0 Å². The zero-order valence-electron chi connectivity index (χ0n) is 12.9. The van der Waals surface area contributed by atoms with E-state index in [0.717, 1.165) is 17.0 Å². The molecule has 1 aromatic heterocycles. The Hall–Kier alpha value is -1.99. The number of aliphatic hydroxyl groups excluding tert-OH is 1. The van der Waals surface area contributed by atoms with Crippen LogP contribution in [0, 0.1) is 18.6 Å². The van der Waals surface area contributed by atoms with Gasteiger partial charge < -0.3 is 15.2 Å². The summed E-state index contributed by atoms with van der Waals surface area (Å²) in [5.41, 5.74) is 0.186. The Kier molecular flexibility index (Phi) is 5.33. The fraction of sp³-hybridized carbons (Fsp3) is 0.312. The van der Waals surface area contributed by atoms with Crippen LogP contribution in [0.2, 0.25) is 0 Å². The second kappa shape index (κ2) is 7.06. The van der Waals surface area contributed by atoms with Crippen molar-refractivity contribution in [2.24, 2.45) is 0 Å². The van der Waals surface area contributed by atoms with Crippen molar-refractivity contribution >= 4 is 17.2 Å². The molecule has 2 aromatic rings. The molecule has 0 saturated carbocycles. The maximum absolute atomic E-state index is 13.2. The third-order valence-corrected chi connectivity index (χ3v) is 4.40. The van der Waals surface area contributed by atoms with Crippen LogP contribution in [-0.4, -0.2) is 24.2 Å². The molecule has 0 aliphatic heterocycles. The van der Waals surface area contributed by atoms with Crippen LogP contribution in [0.4, 0.5) is 8.78 Å². The number of carbonyl (C=O) groups is 1. The summed E-state index contributed by atoms with van der Waals surface area (Å²) in [4.78, 5) is 13.6. The maximum Gasteiger partial charge on any atom is 0.265 e. The topological polar surface area (TPSA) is 58.6 Å². The molecule has 7 heteroatoms. The zero-order valence-corrected chi connectivity index (χ0v) is 13.7. The smallest absolute Gasteiger partial charge is 0.265 e. The van der Waals surface area contributed by atoms with Crippen LogP contribution < -0.4 is 10.1 Å². The van der Waals surface area contributed by atoms with Gasteiger partial charge in [-0.05, 0) is 37.6 Å². The lowest BCUT2D eigenvalue weighted by molar-refractivity contribution is 0.0853. The number of halogens is 2. The van der Waals surface area contributed by atoms with Gasteiger partial charge in [-0.15, -0.1) is 11.3 Å². The predicted octanol–water partition coefficient (Wildman–Crippen LogP) is 3.20. The van der Waals surface area contributed by atoms with Gasteiger partial charge in [-0.1, -0.05) is 6.07 Å². The lowest BCUT2D eigenvalue weighted by Gasteiger charge is -2.20. The number of aryl methyl sites for hydroxylation is 1. The van der Waals surface area contributed by atoms with E-state index in [1.54, 1.807) is 13.0 Å². The summed E-state index contributed by atoms with van der Waals surface area (Å²) in [6, 6.07) is 4.18. The molecule has 0 bridgehead atoms. The first-order valence-electron chi connectivity index (χ1n) is 6.91. The predicted molar refractivity (Wildman–Crippen MR) is 83.9 cm³/mol. The largest absolute Gasteiger partial charge is 0.495 e. The third kappa shape index (κ3) is 3.86. The van der Waals surface area contributed by atoms with Gasteiger partial charge in [0.1, 0.15) is 10.6 Å². The van der Waals surface area contributed by atoms with Gasteiger partial charge >= 0.3 is 0 Å². The van der Waals surface area contributed by atoms with Gasteiger partial charge in [-0.2, -0.15) is 0 Å². The third-order valence-electron chi connectivity index (χ3n) is 3.36. The van der Waals surface area contributed by atoms with E-state index in [2.05, 4.69) is 5.32 Å². The van der Waals surface area contributed by atoms with Crippen LogP contribution in [-0.2, 0) is 0 Å². The Labute approximate surface area is 136 Å². The van der Waals surface area contributed by atoms with E-state index in [1.807, 2.05) is 6.92 Å². The molecule has 0 radical (unpaired) electrons. The average molecular weight is 341 g/mol. The van der Waals surface area contributed by atoms with Gasteiger partial charge in [0.25, 0.3) is 5.91 Å². The standard InChI is InChI=1S/C16H17F2NO3S/c1-8-6-13(22-3)15(23-8)16(21)19-9(2)14(20)10-4-5-11(17)12(18)7-10/h4-7,9,14,20H,1-3H3,(H,19,21). The molecule has 0 fully saturated rings. The quantitative estimate of drug-likeness (QED) is 0.878. The summed E-state index contributed by atoms with van der Waals surface area (Å²) in [6.45, 7) is 3.43. The Bertz CT molecular complexity index is 717. The van der Waals surface area contributed by atoms with Gasteiger partial charge in [-0.25, -0.2) is 8.78 Å². The lowest BCUT2D eigenvalue weighted by atomic mass is 10.0. The van der Waals surface area contributed by atoms with E-state index in [-0.39, 0.29) is 5.56 Å². The molecule has 1 heterocycles. The summed E-state index contributed by atoms with van der Waals surface area (Å²) in [6.07, 6.45) is -1.17. The minimum atomic E-state index is -1.17. The lowest BCUT2D eigenvalue weighted by Crippen LogP contribution is -2.36. The first-order valence-corrected chi connectivity index (χ1v) is 7.73. The highest BCUT2D eigenvalue weighted by Crippen LogP contribution is 2.29. The molecular formula is C16H17F2NO3S. The highest BCUT2D eigenvalue weighted by atomic mass is 32.1. The highest BCUT2D eigenvalue weighted by molar-refractivity contribution is 7.14. The fourth-order valence-corrected chi connectivity index (χ4v) is 3.02. The molecule has 2 unspecified atom stereocenters. The molecule has 2 atom stereocenters. The van der Waals surface area contributed by atoms with Crippen molar-refractivity contribution in [2.75, 3.05) is 7.11 Å². The second-order valence-electron chi connectivity index (χ2n) is 5.14. The highest BCUT2D eigenvalue weighted by Gasteiger charge is 2.23. The van der Waals surface area contributed by atoms with Crippen LogP contribution in [0.15, 0.2) is 24.3 Å². The van der Waals surface area contributed by atoms with Crippen molar-refractivity contribution in [3.63, 3.8) is 0 Å². The maximum atomic E-state index is 13.2. The van der Waals surface area contributed by atoms with E-state index in [1.165, 1.54) is 24.5 Å². The van der Waals surface area contributed by atoms with Gasteiger partial charge in [0.2, 0.25) is 0 Å². The Morgan fingerprint density at radius 1 is 1.30 bits per heavy atom. The van der Waals surface area contributed by atoms with Gasteiger partial charge in [-0.3, -0.25) is 4.79 Å². The molecular weight excluding hydrogens is 324 g/mol. The van der Waals surface area contributed by atoms with Crippen LogP contribution >= 0.6 is 11.3 Å². The van der Waals surface area contributed by atoms with E-state index in [4.69, 9.17) is 4.74 Å². The number of thiophene rings is 1. The van der Waals surface area contributed by atoms with E-state index in [0.29, 0.717) is 10.6 Å². The molecule has 0 aliphatic carbocycles. The molecule has 124 valence electrons. The second-order valence-corrected chi connectivity index (χ2v) is 6.39. The molecule has 2 rings (SSSR count). The van der Waals surface area contributed by atoms with Gasteiger partial charge in [0.05, 0.1) is 19.3 Å². The van der Waals surface area contributed by atoms with Gasteiger partial charge in [0.15, 0.2) is 11.6 Å². The van der Waals surface area contributed by atoms with E-state index in [9.17, 15) is 18.7 Å². The summed E-state index contributed by atoms with van der Waals surface area (Å²) < 4.78 is 31.3. The number of rotatable bonds is 5. The minimum Gasteiger partial charge on any atom is -0.495 e. The first-order chi connectivity index (χ1) is 10.8. The van der Waals surface area contributed by atoms with Crippen molar-refractivity contribution in [3.05, 3.63) is 51.2 Å². The molecule has 2 N–H and O–H groups in total. The summed E-state index contributed by atoms with van der Waals surface area (Å²) in [5.74, 6) is -1.97. The number of hydrogen-bond donors (Lipinski definition) is 2. The van der Waals surface area contributed by atoms with Crippen molar-refractivity contribution in [1.82, 2.24) is 5.32 Å². The van der Waals surface area contributed by atoms with E-state index < -0.39 is 29.7 Å². The van der Waals surface area contributed by atoms with E-state index >= 15 is 0 Å². The normalized spacial score (nSPS) is 13.5. The number of benzene rings is 1. The van der Waals surface area contributed by atoms with Crippen LogP contribution in [0.1, 0.15) is 33.1 Å². The molecule has 0 spiro atoms. The first kappa shape index (κ1) is 17.4. The summed E-state index contributed by atoms with van der Waals surface area (Å²) in [5, 5.41) is 12.8. The molecule has 0 saturated heterocycles. The Morgan fingerprint density at radius 2 is 2.00 bits per heavy atom. The molecule has 0 aliphatic rings. The number of amides is 1. The summed E-state index contributed by atoms with van der Waals surface area (Å²) >= 11 is 1.27. The van der Waals surface area contributed by atoms with Crippen molar-refractivity contribution in [2.45, 2.75) is 26.0 Å².